The predicted molar refractivity (Wildman–Crippen MR) is 118 cm³/mol. The van der Waals surface area contributed by atoms with Crippen molar-refractivity contribution in [1.82, 2.24) is 14.7 Å². The van der Waals surface area contributed by atoms with Crippen LogP contribution in [-0.2, 0) is 45.6 Å². The molecule has 0 saturated carbocycles. The number of sulfone groups is 1. The molecule has 34 heavy (non-hydrogen) atoms. The maximum absolute atomic E-state index is 13.8. The third kappa shape index (κ3) is 3.96. The van der Waals surface area contributed by atoms with Crippen LogP contribution in [0, 0.1) is 11.6 Å². The number of rotatable bonds is 4. The van der Waals surface area contributed by atoms with Gasteiger partial charge in [-0.2, -0.15) is 5.10 Å². The van der Waals surface area contributed by atoms with Crippen molar-refractivity contribution >= 4 is 21.7 Å². The first-order valence-corrected chi connectivity index (χ1v) is 12.4. The Bertz CT molecular complexity index is 1470. The van der Waals surface area contributed by atoms with Gasteiger partial charge in [-0.05, 0) is 34.9 Å². The molecule has 3 heterocycles. The Hall–Kier alpha value is -3.60. The third-order valence-electron chi connectivity index (χ3n) is 6.15. The maximum Gasteiger partial charge on any atom is 0.252 e. The van der Waals surface area contributed by atoms with E-state index < -0.39 is 27.4 Å². The van der Waals surface area contributed by atoms with Gasteiger partial charge in [0.15, 0.2) is 21.5 Å². The van der Waals surface area contributed by atoms with Crippen molar-refractivity contribution in [2.75, 3.05) is 6.54 Å². The minimum atomic E-state index is -3.14. The monoisotopic (exact) mass is 486 g/mol. The molecule has 0 saturated heterocycles. The summed E-state index contributed by atoms with van der Waals surface area (Å²) in [6, 6.07) is 8.46. The van der Waals surface area contributed by atoms with E-state index in [1.165, 1.54) is 6.07 Å². The van der Waals surface area contributed by atoms with E-state index in [-0.39, 0.29) is 47.2 Å². The van der Waals surface area contributed by atoms with Gasteiger partial charge >= 0.3 is 0 Å². The fourth-order valence-electron chi connectivity index (χ4n) is 4.51. The molecule has 2 aliphatic rings. The molecule has 0 fully saturated rings. The number of benzene rings is 2. The van der Waals surface area contributed by atoms with Gasteiger partial charge in [0.2, 0.25) is 5.91 Å². The summed E-state index contributed by atoms with van der Waals surface area (Å²) < 4.78 is 52.4. The zero-order valence-corrected chi connectivity index (χ0v) is 18.7. The zero-order chi connectivity index (χ0) is 24.2. The third-order valence-corrected chi connectivity index (χ3v) is 7.65. The lowest BCUT2D eigenvalue weighted by atomic mass is 10.0. The van der Waals surface area contributed by atoms with Crippen LogP contribution in [0.5, 0.6) is 0 Å². The highest BCUT2D eigenvalue weighted by Crippen LogP contribution is 2.30. The van der Waals surface area contributed by atoms with Crippen LogP contribution >= 0.6 is 0 Å². The first-order valence-electron chi connectivity index (χ1n) is 10.5. The molecule has 1 aromatic heterocycles. The molecule has 0 atom stereocenters. The first kappa shape index (κ1) is 22.2. The summed E-state index contributed by atoms with van der Waals surface area (Å²) in [6.07, 6.45) is 0.0728. The topological polar surface area (TPSA) is 115 Å². The fourth-order valence-corrected chi connectivity index (χ4v) is 6.11. The van der Waals surface area contributed by atoms with E-state index in [1.807, 2.05) is 0 Å². The van der Waals surface area contributed by atoms with E-state index in [9.17, 15) is 26.8 Å². The van der Waals surface area contributed by atoms with Gasteiger partial charge in [0.05, 0.1) is 42.3 Å². The molecule has 2 amide bonds. The van der Waals surface area contributed by atoms with Crippen LogP contribution in [0.25, 0.3) is 11.3 Å². The molecule has 3 aromatic rings. The summed E-state index contributed by atoms with van der Waals surface area (Å²) >= 11 is 0. The van der Waals surface area contributed by atoms with Gasteiger partial charge in [0.25, 0.3) is 5.91 Å². The molecule has 11 heteroatoms. The van der Waals surface area contributed by atoms with Crippen LogP contribution in [0.3, 0.4) is 0 Å². The smallest absolute Gasteiger partial charge is 0.252 e. The van der Waals surface area contributed by atoms with Gasteiger partial charge in [-0.15, -0.1) is 0 Å². The van der Waals surface area contributed by atoms with E-state index in [0.717, 1.165) is 17.7 Å². The van der Waals surface area contributed by atoms with Crippen molar-refractivity contribution < 1.29 is 26.8 Å². The van der Waals surface area contributed by atoms with Gasteiger partial charge < -0.3 is 10.6 Å². The van der Waals surface area contributed by atoms with Gasteiger partial charge in [-0.1, -0.05) is 18.2 Å². The van der Waals surface area contributed by atoms with Crippen LogP contribution in [0.2, 0.25) is 0 Å². The van der Waals surface area contributed by atoms with Gasteiger partial charge in [-0.3, -0.25) is 14.3 Å². The van der Waals surface area contributed by atoms with Crippen LogP contribution < -0.4 is 5.73 Å². The number of halogens is 2. The van der Waals surface area contributed by atoms with E-state index in [4.69, 9.17) is 5.73 Å². The Kier molecular flexibility index (Phi) is 5.23. The van der Waals surface area contributed by atoms with E-state index >= 15 is 0 Å². The minimum Gasteiger partial charge on any atom is -0.365 e. The highest BCUT2D eigenvalue weighted by Gasteiger charge is 2.30. The van der Waals surface area contributed by atoms with Crippen molar-refractivity contribution in [2.24, 2.45) is 5.73 Å². The number of aromatic nitrogens is 2. The molecule has 2 N–H and O–H groups in total. The standard InChI is InChI=1S/C23H20F2N4O4S/c24-17-4-3-14(9-18(17)25)22-21(23(26)31)19-10-28(5-6-29(19)27-22)20(30)8-13-1-2-15-11-34(32,33)12-16(15)7-13/h1-4,7,9H,5-6,8,10-12H2,(H2,26,31). The summed E-state index contributed by atoms with van der Waals surface area (Å²) in [7, 11) is -3.14. The van der Waals surface area contributed by atoms with Crippen molar-refractivity contribution in [1.29, 1.82) is 0 Å². The second kappa shape index (κ2) is 8.01. The first-order chi connectivity index (χ1) is 16.1. The molecule has 0 radical (unpaired) electrons. The van der Waals surface area contributed by atoms with Gasteiger partial charge in [0.1, 0.15) is 5.69 Å². The highest BCUT2D eigenvalue weighted by atomic mass is 32.2. The van der Waals surface area contributed by atoms with Gasteiger partial charge in [-0.25, -0.2) is 17.2 Å². The summed E-state index contributed by atoms with van der Waals surface area (Å²) in [4.78, 5) is 26.8. The number of fused-ring (bicyclic) bond motifs is 2. The van der Waals surface area contributed by atoms with Crippen molar-refractivity contribution in [3.05, 3.63) is 76.0 Å². The highest BCUT2D eigenvalue weighted by molar-refractivity contribution is 7.90. The summed E-state index contributed by atoms with van der Waals surface area (Å²) in [5, 5.41) is 4.38. The molecule has 2 aromatic carbocycles. The Morgan fingerprint density at radius 1 is 1.00 bits per heavy atom. The molecule has 0 spiro atoms. The molecular weight excluding hydrogens is 466 g/mol. The lowest BCUT2D eigenvalue weighted by Crippen LogP contribution is -2.40. The predicted octanol–water partition coefficient (Wildman–Crippen LogP) is 1.94. The molecular formula is C23H20F2N4O4S. The van der Waals surface area contributed by atoms with E-state index in [2.05, 4.69) is 5.10 Å². The average Bonchev–Trinajstić information content (AvgIpc) is 3.30. The lowest BCUT2D eigenvalue weighted by Gasteiger charge is -2.28. The van der Waals surface area contributed by atoms with Crippen molar-refractivity contribution in [3.63, 3.8) is 0 Å². The quantitative estimate of drug-likeness (QED) is 0.605. The normalized spacial score (nSPS) is 16.2. The number of primary amides is 1. The number of carbonyl (C=O) groups excluding carboxylic acids is 2. The molecule has 0 bridgehead atoms. The Labute approximate surface area is 193 Å². The average molecular weight is 487 g/mol. The fraction of sp³-hybridized carbons (Fsp3) is 0.261. The second-order valence-corrected chi connectivity index (χ2v) is 10.6. The van der Waals surface area contributed by atoms with Crippen LogP contribution in [0.15, 0.2) is 36.4 Å². The van der Waals surface area contributed by atoms with Crippen LogP contribution in [0.1, 0.15) is 32.7 Å². The zero-order valence-electron chi connectivity index (χ0n) is 17.9. The Morgan fingerprint density at radius 3 is 2.50 bits per heavy atom. The molecule has 8 nitrogen and oxygen atoms in total. The maximum atomic E-state index is 13.8. The lowest BCUT2D eigenvalue weighted by molar-refractivity contribution is -0.132. The van der Waals surface area contributed by atoms with Crippen LogP contribution in [0.4, 0.5) is 8.78 Å². The number of nitrogens with two attached hydrogens (primary N) is 1. The SMILES string of the molecule is NC(=O)c1c(-c2ccc(F)c(F)c2)nn2c1CN(C(=O)Cc1ccc3c(c1)CS(=O)(=O)C3)CC2. The number of hydrogen-bond acceptors (Lipinski definition) is 5. The second-order valence-electron chi connectivity index (χ2n) is 8.51. The van der Waals surface area contributed by atoms with E-state index in [0.29, 0.717) is 29.9 Å². The number of hydrogen-bond donors (Lipinski definition) is 1. The molecule has 0 unspecified atom stereocenters. The summed E-state index contributed by atoms with van der Waals surface area (Å²) in [6.45, 7) is 0.711. The van der Waals surface area contributed by atoms with Crippen molar-refractivity contribution in [3.8, 4) is 11.3 Å². The van der Waals surface area contributed by atoms with E-state index in [1.54, 1.807) is 27.8 Å². The molecule has 5 rings (SSSR count). The Balaban J connectivity index is 1.40. The van der Waals surface area contributed by atoms with Gasteiger partial charge in [0, 0.05) is 12.1 Å². The van der Waals surface area contributed by atoms with Crippen LogP contribution in [-0.4, -0.2) is 41.5 Å². The van der Waals surface area contributed by atoms with Crippen molar-refractivity contribution in [2.45, 2.75) is 31.0 Å². The number of nitrogens with zero attached hydrogens (tertiary/aromatic N) is 3. The largest absolute Gasteiger partial charge is 0.365 e. The molecule has 176 valence electrons. The summed E-state index contributed by atoms with van der Waals surface area (Å²) in [5.41, 5.74) is 8.60. The minimum absolute atomic E-state index is 0.0167. The molecule has 2 aliphatic heterocycles. The number of amides is 2. The number of carbonyl (C=O) groups is 2. The summed E-state index contributed by atoms with van der Waals surface area (Å²) in [5.74, 6) is -3.08. The molecule has 0 aliphatic carbocycles. The Morgan fingerprint density at radius 2 is 1.76 bits per heavy atom.